The van der Waals surface area contributed by atoms with Crippen molar-refractivity contribution in [3.05, 3.63) is 70.5 Å². The van der Waals surface area contributed by atoms with Gasteiger partial charge in [-0.05, 0) is 55.2 Å². The maximum Gasteiger partial charge on any atom is 0.295 e. The van der Waals surface area contributed by atoms with Crippen LogP contribution in [0.15, 0.2) is 46.3 Å². The van der Waals surface area contributed by atoms with E-state index in [4.69, 9.17) is 9.15 Å². The number of anilines is 1. The van der Waals surface area contributed by atoms with Crippen LogP contribution in [0.5, 0.6) is 0 Å². The molecule has 4 aromatic rings. The van der Waals surface area contributed by atoms with E-state index in [0.717, 1.165) is 49.4 Å². The van der Waals surface area contributed by atoms with Gasteiger partial charge < -0.3 is 14.5 Å². The predicted octanol–water partition coefficient (Wildman–Crippen LogP) is 5.39. The second-order valence-corrected chi connectivity index (χ2v) is 9.77. The molecule has 1 saturated heterocycles. The van der Waals surface area contributed by atoms with Gasteiger partial charge >= 0.3 is 0 Å². The Hall–Kier alpha value is -3.47. The number of nitrogens with zero attached hydrogens (tertiary/aromatic N) is 3. The number of carbonyl (C=O) groups excluding carboxylic acids is 1. The van der Waals surface area contributed by atoms with E-state index in [1.807, 2.05) is 25.4 Å². The molecule has 4 heterocycles. The molecule has 1 aliphatic rings. The SMILES string of the molecule is CCc1nc(-c2ccc(F)cc2)c(C(=O)Nc2nc(-c3ncc(CNC4CCOCC4)cc3C)cs2)o1. The molecule has 1 aliphatic heterocycles. The summed E-state index contributed by atoms with van der Waals surface area (Å²) in [4.78, 5) is 26.7. The van der Waals surface area contributed by atoms with Gasteiger partial charge in [0.25, 0.3) is 5.91 Å². The molecule has 10 heteroatoms. The number of hydrogen-bond donors (Lipinski definition) is 2. The van der Waals surface area contributed by atoms with Gasteiger partial charge in [0.15, 0.2) is 11.0 Å². The van der Waals surface area contributed by atoms with Crippen molar-refractivity contribution in [2.75, 3.05) is 18.5 Å². The molecule has 0 spiro atoms. The van der Waals surface area contributed by atoms with E-state index in [0.29, 0.717) is 40.4 Å². The van der Waals surface area contributed by atoms with Crippen LogP contribution in [-0.4, -0.2) is 40.1 Å². The lowest BCUT2D eigenvalue weighted by Crippen LogP contribution is -2.34. The first-order valence-electron chi connectivity index (χ1n) is 12.3. The minimum Gasteiger partial charge on any atom is -0.435 e. The van der Waals surface area contributed by atoms with Crippen LogP contribution >= 0.6 is 11.3 Å². The second kappa shape index (κ2) is 11.3. The Morgan fingerprint density at radius 1 is 1.16 bits per heavy atom. The molecular weight excluding hydrogens is 493 g/mol. The van der Waals surface area contributed by atoms with Gasteiger partial charge in [-0.25, -0.2) is 14.4 Å². The lowest BCUT2D eigenvalue weighted by Gasteiger charge is -2.23. The number of pyridine rings is 1. The van der Waals surface area contributed by atoms with Crippen LogP contribution in [0.25, 0.3) is 22.6 Å². The molecule has 0 aliphatic carbocycles. The van der Waals surface area contributed by atoms with Crippen molar-refractivity contribution in [2.45, 2.75) is 45.7 Å². The molecule has 8 nitrogen and oxygen atoms in total. The van der Waals surface area contributed by atoms with E-state index >= 15 is 0 Å². The number of oxazole rings is 1. The lowest BCUT2D eigenvalue weighted by atomic mass is 10.1. The number of carbonyl (C=O) groups is 1. The van der Waals surface area contributed by atoms with Crippen molar-refractivity contribution in [3.8, 4) is 22.6 Å². The average Bonchev–Trinajstić information content (AvgIpc) is 3.56. The third kappa shape index (κ3) is 5.93. The average molecular weight is 522 g/mol. The standard InChI is InChI=1S/C27H28FN5O3S/c1-3-22-32-24(18-4-6-19(28)7-5-18)25(36-22)26(34)33-27-31-21(15-37-27)23-16(2)12-17(14-30-23)13-29-20-8-10-35-11-9-20/h4-7,12,14-15,20,29H,3,8-11,13H2,1-2H3,(H,31,33,34). The fourth-order valence-corrected chi connectivity index (χ4v) is 4.92. The number of aromatic nitrogens is 3. The monoisotopic (exact) mass is 521 g/mol. The van der Waals surface area contributed by atoms with E-state index in [9.17, 15) is 9.18 Å². The summed E-state index contributed by atoms with van der Waals surface area (Å²) in [5.74, 6) is -0.338. The highest BCUT2D eigenvalue weighted by molar-refractivity contribution is 7.14. The number of nitrogens with one attached hydrogen (secondary N) is 2. The van der Waals surface area contributed by atoms with Crippen LogP contribution in [0.4, 0.5) is 9.52 Å². The highest BCUT2D eigenvalue weighted by Crippen LogP contribution is 2.29. The fourth-order valence-electron chi connectivity index (χ4n) is 4.23. The third-order valence-electron chi connectivity index (χ3n) is 6.22. The van der Waals surface area contributed by atoms with E-state index in [1.165, 1.54) is 23.5 Å². The highest BCUT2D eigenvalue weighted by atomic mass is 32.1. The summed E-state index contributed by atoms with van der Waals surface area (Å²) in [5.41, 5.74) is 4.55. The molecule has 0 bridgehead atoms. The molecule has 5 rings (SSSR count). The summed E-state index contributed by atoms with van der Waals surface area (Å²) in [7, 11) is 0. The van der Waals surface area contributed by atoms with Gasteiger partial charge in [-0.2, -0.15) is 0 Å². The number of aryl methyl sites for hydroxylation is 2. The van der Waals surface area contributed by atoms with Crippen LogP contribution in [0.1, 0.15) is 47.3 Å². The van der Waals surface area contributed by atoms with Crippen LogP contribution < -0.4 is 10.6 Å². The number of hydrogen-bond acceptors (Lipinski definition) is 8. The molecule has 1 fully saturated rings. The minimum absolute atomic E-state index is 0.0656. The van der Waals surface area contributed by atoms with Gasteiger partial charge in [0, 0.05) is 49.4 Å². The molecule has 0 unspecified atom stereocenters. The highest BCUT2D eigenvalue weighted by Gasteiger charge is 2.23. The summed E-state index contributed by atoms with van der Waals surface area (Å²) in [6, 6.07) is 8.38. The first-order chi connectivity index (χ1) is 18.0. The summed E-state index contributed by atoms with van der Waals surface area (Å²) < 4.78 is 24.5. The van der Waals surface area contributed by atoms with Gasteiger partial charge in [0.1, 0.15) is 17.2 Å². The Bertz CT molecular complexity index is 1380. The molecule has 1 aromatic carbocycles. The van der Waals surface area contributed by atoms with Crippen LogP contribution in [0.2, 0.25) is 0 Å². The zero-order valence-electron chi connectivity index (χ0n) is 20.7. The minimum atomic E-state index is -0.466. The van der Waals surface area contributed by atoms with Crippen molar-refractivity contribution >= 4 is 22.4 Å². The van der Waals surface area contributed by atoms with Crippen LogP contribution in [0, 0.1) is 12.7 Å². The number of thiazole rings is 1. The molecule has 0 atom stereocenters. The Balaban J connectivity index is 1.28. The number of halogens is 1. The van der Waals surface area contributed by atoms with Crippen LogP contribution in [0.3, 0.4) is 0 Å². The van der Waals surface area contributed by atoms with E-state index in [2.05, 4.69) is 31.7 Å². The quantitative estimate of drug-likeness (QED) is 0.320. The first-order valence-corrected chi connectivity index (χ1v) is 13.2. The lowest BCUT2D eigenvalue weighted by molar-refractivity contribution is 0.0776. The van der Waals surface area contributed by atoms with E-state index < -0.39 is 5.91 Å². The molecule has 37 heavy (non-hydrogen) atoms. The van der Waals surface area contributed by atoms with Gasteiger partial charge in [-0.1, -0.05) is 13.0 Å². The van der Waals surface area contributed by atoms with Crippen molar-refractivity contribution in [1.82, 2.24) is 20.3 Å². The molecule has 1 amide bonds. The maximum absolute atomic E-state index is 13.4. The van der Waals surface area contributed by atoms with Gasteiger partial charge in [0.05, 0.1) is 5.69 Å². The first kappa shape index (κ1) is 25.2. The largest absolute Gasteiger partial charge is 0.435 e. The number of rotatable bonds is 8. The Morgan fingerprint density at radius 2 is 1.95 bits per heavy atom. The van der Waals surface area contributed by atoms with Crippen molar-refractivity contribution in [2.24, 2.45) is 0 Å². The zero-order valence-corrected chi connectivity index (χ0v) is 21.5. The third-order valence-corrected chi connectivity index (χ3v) is 6.97. The summed E-state index contributed by atoms with van der Waals surface area (Å²) in [6.45, 7) is 6.26. The fraction of sp³-hybridized carbons (Fsp3) is 0.333. The Morgan fingerprint density at radius 3 is 2.68 bits per heavy atom. The summed E-state index contributed by atoms with van der Waals surface area (Å²) in [5, 5.41) is 8.67. The zero-order chi connectivity index (χ0) is 25.8. The van der Waals surface area contributed by atoms with E-state index in [1.54, 1.807) is 12.1 Å². The second-order valence-electron chi connectivity index (χ2n) is 8.91. The smallest absolute Gasteiger partial charge is 0.295 e. The molecule has 192 valence electrons. The number of amides is 1. The summed E-state index contributed by atoms with van der Waals surface area (Å²) >= 11 is 1.31. The summed E-state index contributed by atoms with van der Waals surface area (Å²) in [6.07, 6.45) is 4.44. The molecule has 2 N–H and O–H groups in total. The number of benzene rings is 1. The van der Waals surface area contributed by atoms with Gasteiger partial charge in [-0.15, -0.1) is 11.3 Å². The van der Waals surface area contributed by atoms with Gasteiger partial charge in [-0.3, -0.25) is 15.1 Å². The van der Waals surface area contributed by atoms with Crippen molar-refractivity contribution < 1.29 is 18.3 Å². The van der Waals surface area contributed by atoms with E-state index in [-0.39, 0.29) is 11.6 Å². The molecular formula is C27H28FN5O3S. The van der Waals surface area contributed by atoms with Crippen molar-refractivity contribution in [1.29, 1.82) is 0 Å². The molecule has 0 radical (unpaired) electrons. The van der Waals surface area contributed by atoms with Gasteiger partial charge in [0.2, 0.25) is 5.76 Å². The Kier molecular flexibility index (Phi) is 7.68. The molecule has 0 saturated carbocycles. The van der Waals surface area contributed by atoms with Crippen LogP contribution in [-0.2, 0) is 17.7 Å². The number of ether oxygens (including phenoxy) is 1. The van der Waals surface area contributed by atoms with Crippen molar-refractivity contribution in [3.63, 3.8) is 0 Å². The predicted molar refractivity (Wildman–Crippen MR) is 140 cm³/mol. The topological polar surface area (TPSA) is 102 Å². The Labute approximate surface area is 218 Å². The molecule has 3 aromatic heterocycles. The maximum atomic E-state index is 13.4. The normalized spacial score (nSPS) is 14.1.